The molecule has 1 heterocycles. The Morgan fingerprint density at radius 2 is 1.93 bits per heavy atom. The molecule has 1 aromatic heterocycles. The molecule has 1 aliphatic carbocycles. The number of ether oxygens (including phenoxy) is 1. The van der Waals surface area contributed by atoms with Crippen molar-refractivity contribution in [3.05, 3.63) is 50.9 Å². The Bertz CT molecular complexity index is 917. The number of hydrogen-bond acceptors (Lipinski definition) is 5. The monoisotopic (exact) mass is 386 g/mol. The van der Waals surface area contributed by atoms with Crippen LogP contribution in [0.2, 0.25) is 0 Å². The van der Waals surface area contributed by atoms with Gasteiger partial charge < -0.3 is 15.8 Å². The molecule has 0 radical (unpaired) electrons. The first-order valence-electron chi connectivity index (χ1n) is 8.85. The van der Waals surface area contributed by atoms with Crippen molar-refractivity contribution >= 4 is 34.1 Å². The molecule has 0 bridgehead atoms. The number of benzene rings is 1. The summed E-state index contributed by atoms with van der Waals surface area (Å²) >= 11 is 1.38. The Labute approximate surface area is 161 Å². The van der Waals surface area contributed by atoms with Gasteiger partial charge in [-0.25, -0.2) is 4.79 Å². The van der Waals surface area contributed by atoms with E-state index < -0.39 is 24.4 Å². The standard InChI is InChI=1S/C20H22N2O4S/c1-11-7-8-13(12(2)9-11)20(25)26-10-16(23)22-19-17(18(21)24)14-5-3-4-6-15(14)27-19/h7-9H,3-6,10H2,1-2H3,(H2,21,24)(H,22,23). The number of esters is 1. The summed E-state index contributed by atoms with van der Waals surface area (Å²) in [6.45, 7) is 3.33. The van der Waals surface area contributed by atoms with Crippen molar-refractivity contribution in [2.75, 3.05) is 11.9 Å². The van der Waals surface area contributed by atoms with Crippen molar-refractivity contribution < 1.29 is 19.1 Å². The lowest BCUT2D eigenvalue weighted by Crippen LogP contribution is -2.23. The van der Waals surface area contributed by atoms with Gasteiger partial charge in [0.25, 0.3) is 11.8 Å². The van der Waals surface area contributed by atoms with Gasteiger partial charge in [0.1, 0.15) is 5.00 Å². The lowest BCUT2D eigenvalue weighted by molar-refractivity contribution is -0.119. The second kappa shape index (κ2) is 7.92. The van der Waals surface area contributed by atoms with E-state index in [1.54, 1.807) is 6.07 Å². The maximum Gasteiger partial charge on any atom is 0.338 e. The third kappa shape index (κ3) is 4.19. The molecule has 2 aromatic rings. The Hall–Kier alpha value is -2.67. The van der Waals surface area contributed by atoms with E-state index in [1.165, 1.54) is 11.3 Å². The zero-order chi connectivity index (χ0) is 19.6. The third-order valence-corrected chi connectivity index (χ3v) is 5.81. The van der Waals surface area contributed by atoms with Crippen molar-refractivity contribution in [3.8, 4) is 0 Å². The van der Waals surface area contributed by atoms with Crippen LogP contribution in [0, 0.1) is 13.8 Å². The molecular weight excluding hydrogens is 364 g/mol. The summed E-state index contributed by atoms with van der Waals surface area (Å²) in [7, 11) is 0. The normalized spacial score (nSPS) is 13.0. The number of carbonyl (C=O) groups is 3. The van der Waals surface area contributed by atoms with Gasteiger partial charge in [-0.1, -0.05) is 17.7 Å². The number of hydrogen-bond donors (Lipinski definition) is 2. The van der Waals surface area contributed by atoms with E-state index in [1.807, 2.05) is 26.0 Å². The molecule has 0 saturated carbocycles. The minimum Gasteiger partial charge on any atom is -0.452 e. The molecule has 0 spiro atoms. The molecule has 0 unspecified atom stereocenters. The van der Waals surface area contributed by atoms with Gasteiger partial charge in [-0.15, -0.1) is 11.3 Å². The van der Waals surface area contributed by atoms with Crippen LogP contribution in [0.25, 0.3) is 0 Å². The first kappa shape index (κ1) is 19.1. The molecule has 7 heteroatoms. The van der Waals surface area contributed by atoms with Gasteiger partial charge in [-0.3, -0.25) is 9.59 Å². The zero-order valence-electron chi connectivity index (χ0n) is 15.4. The summed E-state index contributed by atoms with van der Waals surface area (Å²) in [6, 6.07) is 5.38. The number of nitrogens with one attached hydrogen (secondary N) is 1. The van der Waals surface area contributed by atoms with Crippen molar-refractivity contribution in [3.63, 3.8) is 0 Å². The third-order valence-electron chi connectivity index (χ3n) is 4.61. The van der Waals surface area contributed by atoms with Crippen LogP contribution in [0.1, 0.15) is 55.1 Å². The summed E-state index contributed by atoms with van der Waals surface area (Å²) in [4.78, 5) is 37.4. The van der Waals surface area contributed by atoms with E-state index in [2.05, 4.69) is 5.32 Å². The van der Waals surface area contributed by atoms with Crippen molar-refractivity contribution in [1.29, 1.82) is 0 Å². The van der Waals surface area contributed by atoms with Crippen LogP contribution in [0.3, 0.4) is 0 Å². The van der Waals surface area contributed by atoms with Gasteiger partial charge in [0.05, 0.1) is 11.1 Å². The van der Waals surface area contributed by atoms with Crippen LogP contribution in [0.15, 0.2) is 18.2 Å². The number of fused-ring (bicyclic) bond motifs is 1. The maximum absolute atomic E-state index is 12.2. The molecule has 0 fully saturated rings. The molecular formula is C20H22N2O4S. The van der Waals surface area contributed by atoms with E-state index >= 15 is 0 Å². The van der Waals surface area contributed by atoms with Crippen molar-refractivity contribution in [2.45, 2.75) is 39.5 Å². The van der Waals surface area contributed by atoms with E-state index in [0.717, 1.165) is 47.3 Å². The van der Waals surface area contributed by atoms with Crippen molar-refractivity contribution in [1.82, 2.24) is 0 Å². The number of thiophene rings is 1. The average Bonchev–Trinajstić information content (AvgIpc) is 2.97. The Balaban J connectivity index is 1.67. The van der Waals surface area contributed by atoms with Gasteiger partial charge in [0.15, 0.2) is 6.61 Å². The summed E-state index contributed by atoms with van der Waals surface area (Å²) < 4.78 is 5.12. The Morgan fingerprint density at radius 3 is 2.63 bits per heavy atom. The topological polar surface area (TPSA) is 98.5 Å². The van der Waals surface area contributed by atoms with Gasteiger partial charge in [-0.05, 0) is 56.7 Å². The van der Waals surface area contributed by atoms with Gasteiger partial charge in [-0.2, -0.15) is 0 Å². The predicted octanol–water partition coefficient (Wildman–Crippen LogP) is 3.14. The van der Waals surface area contributed by atoms with Crippen LogP contribution in [-0.4, -0.2) is 24.4 Å². The fraction of sp³-hybridized carbons (Fsp3) is 0.350. The first-order valence-corrected chi connectivity index (χ1v) is 9.67. The summed E-state index contributed by atoms with van der Waals surface area (Å²) in [5, 5.41) is 3.13. The number of primary amides is 1. The van der Waals surface area contributed by atoms with Crippen molar-refractivity contribution in [2.24, 2.45) is 5.73 Å². The SMILES string of the molecule is Cc1ccc(C(=O)OCC(=O)Nc2sc3c(c2C(N)=O)CCCC3)c(C)c1. The van der Waals surface area contributed by atoms with Crippen LogP contribution < -0.4 is 11.1 Å². The fourth-order valence-corrected chi connectivity index (χ4v) is 4.64. The highest BCUT2D eigenvalue weighted by molar-refractivity contribution is 7.17. The van der Waals surface area contributed by atoms with Crippen LogP contribution in [0.5, 0.6) is 0 Å². The molecule has 0 atom stereocenters. The quantitative estimate of drug-likeness (QED) is 0.771. The average molecular weight is 386 g/mol. The first-order chi connectivity index (χ1) is 12.9. The minimum absolute atomic E-state index is 0.392. The van der Waals surface area contributed by atoms with E-state index in [9.17, 15) is 14.4 Å². The molecule has 1 aliphatic rings. The van der Waals surface area contributed by atoms with E-state index in [4.69, 9.17) is 10.5 Å². The molecule has 3 rings (SSSR count). The number of amides is 2. The maximum atomic E-state index is 12.2. The lowest BCUT2D eigenvalue weighted by atomic mass is 9.95. The smallest absolute Gasteiger partial charge is 0.338 e. The largest absolute Gasteiger partial charge is 0.452 e. The summed E-state index contributed by atoms with van der Waals surface area (Å²) in [5.41, 5.74) is 9.12. The van der Waals surface area contributed by atoms with Gasteiger partial charge in [0, 0.05) is 4.88 Å². The second-order valence-corrected chi connectivity index (χ2v) is 7.83. The Kier molecular flexibility index (Phi) is 5.60. The summed E-state index contributed by atoms with van der Waals surface area (Å²) in [5.74, 6) is -1.59. The van der Waals surface area contributed by atoms with Gasteiger partial charge >= 0.3 is 5.97 Å². The minimum atomic E-state index is -0.553. The molecule has 142 valence electrons. The molecule has 2 amide bonds. The number of rotatable bonds is 5. The number of anilines is 1. The van der Waals surface area contributed by atoms with Crippen LogP contribution in [0.4, 0.5) is 5.00 Å². The number of carbonyl (C=O) groups excluding carboxylic acids is 3. The summed E-state index contributed by atoms with van der Waals surface area (Å²) in [6.07, 6.45) is 3.75. The zero-order valence-corrected chi connectivity index (χ0v) is 16.2. The number of nitrogens with two attached hydrogens (primary N) is 1. The fourth-order valence-electron chi connectivity index (χ4n) is 3.33. The molecule has 6 nitrogen and oxygen atoms in total. The highest BCUT2D eigenvalue weighted by Crippen LogP contribution is 2.37. The molecule has 1 aromatic carbocycles. The number of aryl methyl sites for hydroxylation is 3. The highest BCUT2D eigenvalue weighted by atomic mass is 32.1. The van der Waals surface area contributed by atoms with E-state index in [0.29, 0.717) is 16.1 Å². The Morgan fingerprint density at radius 1 is 1.19 bits per heavy atom. The van der Waals surface area contributed by atoms with E-state index in [-0.39, 0.29) is 0 Å². The molecule has 27 heavy (non-hydrogen) atoms. The highest BCUT2D eigenvalue weighted by Gasteiger charge is 2.25. The van der Waals surface area contributed by atoms with Gasteiger partial charge in [0.2, 0.25) is 0 Å². The predicted molar refractivity (Wildman–Crippen MR) is 104 cm³/mol. The molecule has 3 N–H and O–H groups in total. The lowest BCUT2D eigenvalue weighted by Gasteiger charge is -2.11. The second-order valence-electron chi connectivity index (χ2n) is 6.72. The molecule has 0 aliphatic heterocycles. The molecule has 0 saturated heterocycles. The van der Waals surface area contributed by atoms with Crippen LogP contribution >= 0.6 is 11.3 Å². The van der Waals surface area contributed by atoms with Crippen LogP contribution in [-0.2, 0) is 22.4 Å².